The van der Waals surface area contributed by atoms with Crippen molar-refractivity contribution in [3.63, 3.8) is 0 Å². The largest absolute Gasteiger partial charge is 0.383 e. The van der Waals surface area contributed by atoms with Crippen molar-refractivity contribution in [2.75, 3.05) is 20.3 Å². The Hall–Kier alpha value is -0.610. The number of hydrazine groups is 1. The maximum Gasteiger partial charge on any atom is 0.113 e. The number of ether oxygens (including phenoxy) is 1. The molecule has 0 bridgehead atoms. The molecule has 4 heteroatoms. The Labute approximate surface area is 73.2 Å². The third-order valence-corrected chi connectivity index (χ3v) is 2.22. The van der Waals surface area contributed by atoms with Gasteiger partial charge in [-0.3, -0.25) is 4.99 Å². The number of nitrogens with zero attached hydrogens (tertiary/aromatic N) is 1. The SMILES string of the molecule is COCCN=C(NN)C1CCC1. The van der Waals surface area contributed by atoms with Crippen molar-refractivity contribution in [3.8, 4) is 0 Å². The number of methoxy groups -OCH3 is 1. The first kappa shape index (κ1) is 9.48. The van der Waals surface area contributed by atoms with E-state index in [1.807, 2.05) is 0 Å². The molecule has 0 atom stereocenters. The Bertz CT molecular complexity index is 154. The molecule has 0 saturated heterocycles. The Morgan fingerprint density at radius 1 is 1.67 bits per heavy atom. The maximum atomic E-state index is 5.34. The van der Waals surface area contributed by atoms with Gasteiger partial charge < -0.3 is 10.2 Å². The zero-order valence-electron chi connectivity index (χ0n) is 7.55. The van der Waals surface area contributed by atoms with E-state index in [9.17, 15) is 0 Å². The van der Waals surface area contributed by atoms with Crippen molar-refractivity contribution in [1.29, 1.82) is 0 Å². The second-order valence-corrected chi connectivity index (χ2v) is 3.03. The summed E-state index contributed by atoms with van der Waals surface area (Å²) < 4.78 is 4.89. The highest BCUT2D eigenvalue weighted by molar-refractivity contribution is 5.84. The van der Waals surface area contributed by atoms with Crippen LogP contribution in [0.25, 0.3) is 0 Å². The number of aliphatic imine (C=N–C) groups is 1. The van der Waals surface area contributed by atoms with E-state index in [0.717, 1.165) is 5.84 Å². The lowest BCUT2D eigenvalue weighted by Gasteiger charge is -2.26. The third-order valence-electron chi connectivity index (χ3n) is 2.22. The van der Waals surface area contributed by atoms with Gasteiger partial charge in [-0.1, -0.05) is 6.42 Å². The summed E-state index contributed by atoms with van der Waals surface area (Å²) in [5, 5.41) is 0. The molecule has 0 amide bonds. The van der Waals surface area contributed by atoms with E-state index in [2.05, 4.69) is 10.4 Å². The van der Waals surface area contributed by atoms with Crippen molar-refractivity contribution in [2.45, 2.75) is 19.3 Å². The minimum absolute atomic E-state index is 0.576. The molecule has 1 rings (SSSR count). The molecular formula is C8H17N3O. The highest BCUT2D eigenvalue weighted by Gasteiger charge is 2.22. The van der Waals surface area contributed by atoms with Gasteiger partial charge in [0.25, 0.3) is 0 Å². The quantitative estimate of drug-likeness (QED) is 0.210. The molecule has 4 nitrogen and oxygen atoms in total. The Balaban J connectivity index is 2.26. The van der Waals surface area contributed by atoms with E-state index in [-0.39, 0.29) is 0 Å². The summed E-state index contributed by atoms with van der Waals surface area (Å²) >= 11 is 0. The molecule has 70 valence electrons. The third kappa shape index (κ3) is 2.46. The topological polar surface area (TPSA) is 59.6 Å². The highest BCUT2D eigenvalue weighted by Crippen LogP contribution is 2.26. The Kier molecular flexibility index (Phi) is 4.04. The van der Waals surface area contributed by atoms with E-state index in [1.165, 1.54) is 19.3 Å². The first-order chi connectivity index (χ1) is 5.88. The van der Waals surface area contributed by atoms with Crippen molar-refractivity contribution in [3.05, 3.63) is 0 Å². The van der Waals surface area contributed by atoms with Crippen molar-refractivity contribution in [1.82, 2.24) is 5.43 Å². The van der Waals surface area contributed by atoms with Crippen LogP contribution >= 0.6 is 0 Å². The smallest absolute Gasteiger partial charge is 0.113 e. The maximum absolute atomic E-state index is 5.34. The summed E-state index contributed by atoms with van der Waals surface area (Å²) in [6, 6.07) is 0. The first-order valence-electron chi connectivity index (χ1n) is 4.38. The molecule has 0 aromatic heterocycles. The minimum Gasteiger partial charge on any atom is -0.383 e. The standard InChI is InChI=1S/C8H17N3O/c1-12-6-5-10-8(11-9)7-3-2-4-7/h7H,2-6,9H2,1H3,(H,10,11). The van der Waals surface area contributed by atoms with Gasteiger partial charge in [0, 0.05) is 13.0 Å². The summed E-state index contributed by atoms with van der Waals surface area (Å²) in [5.74, 6) is 6.86. The lowest BCUT2D eigenvalue weighted by Crippen LogP contribution is -2.39. The fourth-order valence-corrected chi connectivity index (χ4v) is 1.23. The van der Waals surface area contributed by atoms with Crippen LogP contribution in [0.15, 0.2) is 4.99 Å². The van der Waals surface area contributed by atoms with E-state index < -0.39 is 0 Å². The zero-order valence-corrected chi connectivity index (χ0v) is 7.55. The second-order valence-electron chi connectivity index (χ2n) is 3.03. The van der Waals surface area contributed by atoms with E-state index in [1.54, 1.807) is 7.11 Å². The Morgan fingerprint density at radius 2 is 2.42 bits per heavy atom. The molecule has 1 fully saturated rings. The van der Waals surface area contributed by atoms with Crippen LogP contribution in [-0.2, 0) is 4.74 Å². The van der Waals surface area contributed by atoms with Gasteiger partial charge in [0.05, 0.1) is 13.2 Å². The minimum atomic E-state index is 0.576. The molecule has 0 radical (unpaired) electrons. The molecule has 12 heavy (non-hydrogen) atoms. The molecule has 1 aliphatic carbocycles. The van der Waals surface area contributed by atoms with Crippen LogP contribution in [0.3, 0.4) is 0 Å². The molecule has 1 aliphatic rings. The van der Waals surface area contributed by atoms with Crippen LogP contribution in [0.5, 0.6) is 0 Å². The lowest BCUT2D eigenvalue weighted by molar-refractivity contribution is 0.207. The predicted molar refractivity (Wildman–Crippen MR) is 48.8 cm³/mol. The van der Waals surface area contributed by atoms with Gasteiger partial charge in [-0.25, -0.2) is 5.84 Å². The van der Waals surface area contributed by atoms with Crippen LogP contribution in [0.2, 0.25) is 0 Å². The van der Waals surface area contributed by atoms with E-state index in [4.69, 9.17) is 10.6 Å². The molecular weight excluding hydrogens is 154 g/mol. The summed E-state index contributed by atoms with van der Waals surface area (Å²) in [6.45, 7) is 1.37. The summed E-state index contributed by atoms with van der Waals surface area (Å²) in [4.78, 5) is 4.31. The van der Waals surface area contributed by atoms with Crippen LogP contribution in [0.1, 0.15) is 19.3 Å². The lowest BCUT2D eigenvalue weighted by atomic mass is 9.84. The molecule has 0 unspecified atom stereocenters. The van der Waals surface area contributed by atoms with Gasteiger partial charge in [-0.05, 0) is 12.8 Å². The molecule has 0 aromatic rings. The van der Waals surface area contributed by atoms with Gasteiger partial charge in [-0.15, -0.1) is 0 Å². The van der Waals surface area contributed by atoms with E-state index >= 15 is 0 Å². The molecule has 0 aliphatic heterocycles. The van der Waals surface area contributed by atoms with Gasteiger partial charge in [0.1, 0.15) is 5.84 Å². The van der Waals surface area contributed by atoms with E-state index in [0.29, 0.717) is 19.1 Å². The monoisotopic (exact) mass is 171 g/mol. The highest BCUT2D eigenvalue weighted by atomic mass is 16.5. The molecule has 3 N–H and O–H groups in total. The first-order valence-corrected chi connectivity index (χ1v) is 4.38. The molecule has 0 aromatic carbocycles. The van der Waals surface area contributed by atoms with Gasteiger partial charge in [0.15, 0.2) is 0 Å². The van der Waals surface area contributed by atoms with Crippen molar-refractivity contribution in [2.24, 2.45) is 16.8 Å². The van der Waals surface area contributed by atoms with Crippen LogP contribution in [0.4, 0.5) is 0 Å². The number of rotatable bonds is 4. The fourth-order valence-electron chi connectivity index (χ4n) is 1.23. The number of hydrogen-bond donors (Lipinski definition) is 2. The summed E-state index contributed by atoms with van der Waals surface area (Å²) in [7, 11) is 1.68. The van der Waals surface area contributed by atoms with Crippen LogP contribution < -0.4 is 11.3 Å². The van der Waals surface area contributed by atoms with Gasteiger partial charge in [0.2, 0.25) is 0 Å². The molecule has 0 spiro atoms. The molecule has 0 heterocycles. The number of nitrogens with one attached hydrogen (secondary N) is 1. The molecule has 1 saturated carbocycles. The number of hydrogen-bond acceptors (Lipinski definition) is 3. The van der Waals surface area contributed by atoms with Crippen LogP contribution in [0, 0.1) is 5.92 Å². The number of nitrogens with two attached hydrogens (primary N) is 1. The number of amidine groups is 1. The van der Waals surface area contributed by atoms with Crippen molar-refractivity contribution >= 4 is 5.84 Å². The fraction of sp³-hybridized carbons (Fsp3) is 0.875. The summed E-state index contributed by atoms with van der Waals surface area (Å²) in [6.07, 6.45) is 3.74. The van der Waals surface area contributed by atoms with Crippen LogP contribution in [-0.4, -0.2) is 26.1 Å². The van der Waals surface area contributed by atoms with Gasteiger partial charge >= 0.3 is 0 Å². The summed E-state index contributed by atoms with van der Waals surface area (Å²) in [5.41, 5.74) is 2.66. The van der Waals surface area contributed by atoms with Crippen molar-refractivity contribution < 1.29 is 4.74 Å². The Morgan fingerprint density at radius 3 is 2.83 bits per heavy atom. The normalized spacial score (nSPS) is 19.0. The van der Waals surface area contributed by atoms with Gasteiger partial charge in [-0.2, -0.15) is 0 Å². The predicted octanol–water partition coefficient (Wildman–Crippen LogP) is 0.295. The second kappa shape index (κ2) is 5.11. The average molecular weight is 171 g/mol. The average Bonchev–Trinajstić information content (AvgIpc) is 1.99. The zero-order chi connectivity index (χ0) is 8.81.